The minimum absolute atomic E-state index is 0.0105. The van der Waals surface area contributed by atoms with E-state index in [9.17, 15) is 4.79 Å². The van der Waals surface area contributed by atoms with Gasteiger partial charge < -0.3 is 15.0 Å². The molecule has 4 heteroatoms. The Morgan fingerprint density at radius 2 is 2.00 bits per heavy atom. The molecule has 2 fully saturated rings. The number of rotatable bonds is 2. The summed E-state index contributed by atoms with van der Waals surface area (Å²) in [6, 6.07) is 0.246. The highest BCUT2D eigenvalue weighted by Gasteiger charge is 2.44. The number of carbonyl (C=O) groups excluding carboxylic acids is 1. The van der Waals surface area contributed by atoms with Crippen LogP contribution in [0.2, 0.25) is 0 Å². The van der Waals surface area contributed by atoms with Crippen molar-refractivity contribution in [3.8, 4) is 0 Å². The Hall–Kier alpha value is -0.610. The highest BCUT2D eigenvalue weighted by Crippen LogP contribution is 2.37. The molecular formula is C13H24N2O2. The van der Waals surface area contributed by atoms with Crippen LogP contribution in [0.5, 0.6) is 0 Å². The van der Waals surface area contributed by atoms with Crippen LogP contribution in [0, 0.1) is 0 Å². The van der Waals surface area contributed by atoms with Gasteiger partial charge in [-0.3, -0.25) is 4.79 Å². The fourth-order valence-corrected chi connectivity index (χ4v) is 2.72. The summed E-state index contributed by atoms with van der Waals surface area (Å²) in [7, 11) is 1.86. The molecule has 0 saturated carbocycles. The van der Waals surface area contributed by atoms with Crippen molar-refractivity contribution in [2.45, 2.75) is 57.3 Å². The molecule has 98 valence electrons. The molecule has 2 saturated heterocycles. The normalized spacial score (nSPS) is 27.6. The summed E-state index contributed by atoms with van der Waals surface area (Å²) in [6.07, 6.45) is 3.80. The van der Waals surface area contributed by atoms with E-state index in [1.165, 1.54) is 0 Å². The average Bonchev–Trinajstić information content (AvgIpc) is 2.72. The average molecular weight is 240 g/mol. The number of hydrogen-bond donors (Lipinski definition) is 1. The second-order valence-corrected chi connectivity index (χ2v) is 5.62. The summed E-state index contributed by atoms with van der Waals surface area (Å²) in [6.45, 7) is 6.10. The monoisotopic (exact) mass is 240 g/mol. The minimum Gasteiger partial charge on any atom is -0.362 e. The molecule has 2 rings (SSSR count). The van der Waals surface area contributed by atoms with Gasteiger partial charge in [0.1, 0.15) is 6.10 Å². The number of nitrogens with zero attached hydrogens (tertiary/aromatic N) is 1. The molecule has 4 nitrogen and oxygen atoms in total. The Morgan fingerprint density at radius 1 is 1.35 bits per heavy atom. The number of piperidine rings is 1. The zero-order chi connectivity index (χ0) is 12.5. The van der Waals surface area contributed by atoms with E-state index in [1.807, 2.05) is 20.9 Å². The summed E-state index contributed by atoms with van der Waals surface area (Å²) in [4.78, 5) is 14.0. The molecule has 0 radical (unpaired) electrons. The summed E-state index contributed by atoms with van der Waals surface area (Å²) in [5.41, 5.74) is -0.0105. The highest BCUT2D eigenvalue weighted by atomic mass is 16.5. The lowest BCUT2D eigenvalue weighted by atomic mass is 9.89. The molecule has 2 heterocycles. The molecule has 0 aromatic heterocycles. The van der Waals surface area contributed by atoms with Crippen LogP contribution in [0.1, 0.15) is 39.5 Å². The van der Waals surface area contributed by atoms with Gasteiger partial charge in [-0.2, -0.15) is 0 Å². The highest BCUT2D eigenvalue weighted by molar-refractivity contribution is 5.81. The Balaban J connectivity index is 1.95. The molecule has 0 aliphatic carbocycles. The van der Waals surface area contributed by atoms with E-state index in [1.54, 1.807) is 4.90 Å². The van der Waals surface area contributed by atoms with Crippen molar-refractivity contribution in [2.75, 3.05) is 20.1 Å². The SMILES string of the molecule is CC(C)N(C)C(=O)[C@H]1CCC2(CCNCC2)O1. The summed E-state index contributed by atoms with van der Waals surface area (Å²) in [5, 5.41) is 3.35. The Labute approximate surface area is 104 Å². The van der Waals surface area contributed by atoms with E-state index >= 15 is 0 Å². The number of likely N-dealkylation sites (N-methyl/N-ethyl adjacent to an activating group) is 1. The van der Waals surface area contributed by atoms with E-state index in [0.29, 0.717) is 0 Å². The van der Waals surface area contributed by atoms with Crippen molar-refractivity contribution in [2.24, 2.45) is 0 Å². The molecule has 2 aliphatic rings. The number of nitrogens with one attached hydrogen (secondary N) is 1. The molecule has 0 bridgehead atoms. The molecule has 0 aromatic carbocycles. The van der Waals surface area contributed by atoms with E-state index in [0.717, 1.165) is 38.8 Å². The number of carbonyl (C=O) groups is 1. The standard InChI is InChI=1S/C13H24N2O2/c1-10(2)15(3)12(16)11-4-5-13(17-11)6-8-14-9-7-13/h10-11,14H,4-9H2,1-3H3/t11-/m1/s1. The second kappa shape index (κ2) is 4.94. The smallest absolute Gasteiger partial charge is 0.251 e. The van der Waals surface area contributed by atoms with Crippen LogP contribution in [0.25, 0.3) is 0 Å². The van der Waals surface area contributed by atoms with E-state index in [2.05, 4.69) is 5.32 Å². The number of amides is 1. The molecule has 1 spiro atoms. The van der Waals surface area contributed by atoms with Crippen molar-refractivity contribution >= 4 is 5.91 Å². The molecule has 1 amide bonds. The Kier molecular flexibility index (Phi) is 3.73. The van der Waals surface area contributed by atoms with Gasteiger partial charge in [0.05, 0.1) is 5.60 Å². The first-order valence-electron chi connectivity index (χ1n) is 6.69. The maximum absolute atomic E-state index is 12.2. The maximum atomic E-state index is 12.2. The quantitative estimate of drug-likeness (QED) is 0.787. The van der Waals surface area contributed by atoms with Crippen LogP contribution in [0.3, 0.4) is 0 Å². The van der Waals surface area contributed by atoms with Crippen LogP contribution in [-0.2, 0) is 9.53 Å². The lowest BCUT2D eigenvalue weighted by molar-refractivity contribution is -0.149. The van der Waals surface area contributed by atoms with E-state index < -0.39 is 0 Å². The topological polar surface area (TPSA) is 41.6 Å². The van der Waals surface area contributed by atoms with Crippen molar-refractivity contribution in [1.82, 2.24) is 10.2 Å². The van der Waals surface area contributed by atoms with Gasteiger partial charge in [0.15, 0.2) is 0 Å². The lowest BCUT2D eigenvalue weighted by Crippen LogP contribution is -2.45. The molecular weight excluding hydrogens is 216 g/mol. The van der Waals surface area contributed by atoms with Gasteiger partial charge in [-0.05, 0) is 52.6 Å². The molecule has 2 aliphatic heterocycles. The lowest BCUT2D eigenvalue weighted by Gasteiger charge is -2.34. The predicted molar refractivity (Wildman–Crippen MR) is 66.8 cm³/mol. The molecule has 17 heavy (non-hydrogen) atoms. The first kappa shape index (κ1) is 12.8. The van der Waals surface area contributed by atoms with Crippen LogP contribution in [0.15, 0.2) is 0 Å². The molecule has 0 unspecified atom stereocenters. The first-order valence-corrected chi connectivity index (χ1v) is 6.69. The van der Waals surface area contributed by atoms with Crippen molar-refractivity contribution in [3.63, 3.8) is 0 Å². The molecule has 1 atom stereocenters. The van der Waals surface area contributed by atoms with Crippen molar-refractivity contribution in [3.05, 3.63) is 0 Å². The van der Waals surface area contributed by atoms with Gasteiger partial charge in [-0.15, -0.1) is 0 Å². The summed E-state index contributed by atoms with van der Waals surface area (Å²) < 4.78 is 6.09. The van der Waals surface area contributed by atoms with Crippen molar-refractivity contribution < 1.29 is 9.53 Å². The van der Waals surface area contributed by atoms with E-state index in [4.69, 9.17) is 4.74 Å². The van der Waals surface area contributed by atoms with Crippen LogP contribution in [0.4, 0.5) is 0 Å². The zero-order valence-corrected chi connectivity index (χ0v) is 11.2. The van der Waals surface area contributed by atoms with Crippen LogP contribution < -0.4 is 5.32 Å². The van der Waals surface area contributed by atoms with Gasteiger partial charge in [0, 0.05) is 13.1 Å². The van der Waals surface area contributed by atoms with Crippen molar-refractivity contribution in [1.29, 1.82) is 0 Å². The number of hydrogen-bond acceptors (Lipinski definition) is 3. The fourth-order valence-electron chi connectivity index (χ4n) is 2.72. The zero-order valence-electron chi connectivity index (χ0n) is 11.2. The van der Waals surface area contributed by atoms with E-state index in [-0.39, 0.29) is 23.7 Å². The third-order valence-corrected chi connectivity index (χ3v) is 4.17. The van der Waals surface area contributed by atoms with Crippen LogP contribution >= 0.6 is 0 Å². The largest absolute Gasteiger partial charge is 0.362 e. The third kappa shape index (κ3) is 2.63. The van der Waals surface area contributed by atoms with Gasteiger partial charge in [0.2, 0.25) is 0 Å². The summed E-state index contributed by atoms with van der Waals surface area (Å²) in [5.74, 6) is 0.149. The molecule has 0 aromatic rings. The minimum atomic E-state index is -0.208. The van der Waals surface area contributed by atoms with Gasteiger partial charge in [-0.1, -0.05) is 0 Å². The Bertz CT molecular complexity index is 285. The Morgan fingerprint density at radius 3 is 2.59 bits per heavy atom. The molecule has 1 N–H and O–H groups in total. The van der Waals surface area contributed by atoms with Gasteiger partial charge in [0.25, 0.3) is 5.91 Å². The maximum Gasteiger partial charge on any atom is 0.251 e. The first-order chi connectivity index (χ1) is 8.04. The van der Waals surface area contributed by atoms with Gasteiger partial charge in [-0.25, -0.2) is 0 Å². The second-order valence-electron chi connectivity index (χ2n) is 5.62. The van der Waals surface area contributed by atoms with Crippen LogP contribution in [-0.4, -0.2) is 48.7 Å². The fraction of sp³-hybridized carbons (Fsp3) is 0.923. The third-order valence-electron chi connectivity index (χ3n) is 4.17. The van der Waals surface area contributed by atoms with Gasteiger partial charge >= 0.3 is 0 Å². The number of ether oxygens (including phenoxy) is 1. The summed E-state index contributed by atoms with van der Waals surface area (Å²) >= 11 is 0. The predicted octanol–water partition coefficient (Wildman–Crippen LogP) is 1.15.